The zero-order valence-electron chi connectivity index (χ0n) is 10.9. The zero-order valence-corrected chi connectivity index (χ0v) is 11.6. The molecule has 0 N–H and O–H groups in total. The molecule has 0 unspecified atom stereocenters. The molecule has 2 nitrogen and oxygen atoms in total. The minimum absolute atomic E-state index is 0.311. The van der Waals surface area contributed by atoms with Crippen LogP contribution in [0.4, 0.5) is 0 Å². The van der Waals surface area contributed by atoms with E-state index in [4.69, 9.17) is 11.9 Å². The van der Waals surface area contributed by atoms with Crippen molar-refractivity contribution in [2.45, 2.75) is 72.1 Å². The molecule has 0 atom stereocenters. The Morgan fingerprint density at radius 1 is 1.00 bits per heavy atom. The Kier molecular flexibility index (Phi) is 8.73. The molecule has 0 fully saturated rings. The van der Waals surface area contributed by atoms with E-state index in [-0.39, 0.29) is 5.97 Å². The SMILES string of the molecule is CC(C)(C)CCCCCCCCC(=O)OCl. The van der Waals surface area contributed by atoms with E-state index >= 15 is 0 Å². The largest absolute Gasteiger partial charge is 0.348 e. The highest BCUT2D eigenvalue weighted by Gasteiger charge is 2.08. The highest BCUT2D eigenvalue weighted by atomic mass is 35.5. The molecule has 0 radical (unpaired) electrons. The van der Waals surface area contributed by atoms with Crippen molar-refractivity contribution in [2.24, 2.45) is 5.41 Å². The Bertz CT molecular complexity index is 185. The fraction of sp³-hybridized carbons (Fsp3) is 0.923. The Hall–Kier alpha value is -0.240. The summed E-state index contributed by atoms with van der Waals surface area (Å²) in [6.07, 6.45) is 8.83. The van der Waals surface area contributed by atoms with E-state index in [1.165, 1.54) is 32.1 Å². The highest BCUT2D eigenvalue weighted by Crippen LogP contribution is 2.22. The van der Waals surface area contributed by atoms with E-state index in [0.717, 1.165) is 12.8 Å². The van der Waals surface area contributed by atoms with Gasteiger partial charge in [-0.15, -0.1) is 0 Å². The van der Waals surface area contributed by atoms with Gasteiger partial charge >= 0.3 is 5.97 Å². The van der Waals surface area contributed by atoms with Gasteiger partial charge in [0, 0.05) is 6.42 Å². The predicted molar refractivity (Wildman–Crippen MR) is 68.3 cm³/mol. The third kappa shape index (κ3) is 11.8. The molecule has 96 valence electrons. The number of hydrogen-bond donors (Lipinski definition) is 0. The Labute approximate surface area is 105 Å². The third-order valence-electron chi connectivity index (χ3n) is 2.64. The summed E-state index contributed by atoms with van der Waals surface area (Å²) >= 11 is 4.93. The summed E-state index contributed by atoms with van der Waals surface area (Å²) in [6, 6.07) is 0. The lowest BCUT2D eigenvalue weighted by Crippen LogP contribution is -2.03. The first kappa shape index (κ1) is 15.8. The molecular weight excluding hydrogens is 224 g/mol. The molecule has 0 aromatic heterocycles. The number of carbonyl (C=O) groups is 1. The molecule has 0 spiro atoms. The molecule has 0 amide bonds. The van der Waals surface area contributed by atoms with Gasteiger partial charge in [-0.25, -0.2) is 0 Å². The second-order valence-corrected chi connectivity index (χ2v) is 5.79. The normalized spacial score (nSPS) is 11.5. The Morgan fingerprint density at radius 2 is 1.50 bits per heavy atom. The lowest BCUT2D eigenvalue weighted by molar-refractivity contribution is -0.134. The minimum atomic E-state index is -0.311. The summed E-state index contributed by atoms with van der Waals surface area (Å²) in [5, 5.41) is 0. The van der Waals surface area contributed by atoms with Gasteiger partial charge in [0.2, 0.25) is 0 Å². The van der Waals surface area contributed by atoms with Crippen LogP contribution < -0.4 is 0 Å². The molecule has 0 saturated carbocycles. The summed E-state index contributed by atoms with van der Waals surface area (Å²) in [6.45, 7) is 6.85. The van der Waals surface area contributed by atoms with Crippen LogP contribution in [-0.4, -0.2) is 5.97 Å². The molecule has 0 aliphatic rings. The molecule has 0 saturated heterocycles. The molecule has 0 aliphatic carbocycles. The smallest absolute Gasteiger partial charge is 0.324 e. The van der Waals surface area contributed by atoms with E-state index < -0.39 is 0 Å². The van der Waals surface area contributed by atoms with Crippen molar-refractivity contribution in [3.63, 3.8) is 0 Å². The van der Waals surface area contributed by atoms with E-state index in [1.54, 1.807) is 0 Å². The average molecular weight is 249 g/mol. The van der Waals surface area contributed by atoms with Gasteiger partial charge in [0.05, 0.1) is 0 Å². The van der Waals surface area contributed by atoms with Crippen molar-refractivity contribution in [3.05, 3.63) is 0 Å². The van der Waals surface area contributed by atoms with Crippen molar-refractivity contribution in [1.82, 2.24) is 0 Å². The van der Waals surface area contributed by atoms with Gasteiger partial charge in [0.15, 0.2) is 0 Å². The van der Waals surface area contributed by atoms with Gasteiger partial charge in [-0.3, -0.25) is 4.79 Å². The van der Waals surface area contributed by atoms with Gasteiger partial charge in [-0.2, -0.15) is 0 Å². The second kappa shape index (κ2) is 8.86. The fourth-order valence-electron chi connectivity index (χ4n) is 1.67. The third-order valence-corrected chi connectivity index (χ3v) is 2.82. The van der Waals surface area contributed by atoms with Crippen LogP contribution in [0, 0.1) is 5.41 Å². The molecular formula is C13H25ClO2. The lowest BCUT2D eigenvalue weighted by atomic mass is 9.89. The molecule has 0 heterocycles. The summed E-state index contributed by atoms with van der Waals surface area (Å²) in [7, 11) is 0. The van der Waals surface area contributed by atoms with Gasteiger partial charge < -0.3 is 4.29 Å². The summed E-state index contributed by atoms with van der Waals surface area (Å²) in [5.74, 6) is -0.311. The van der Waals surface area contributed by atoms with Gasteiger partial charge in [-0.05, 0) is 18.3 Å². The first-order valence-corrected chi connectivity index (χ1v) is 6.58. The number of halogens is 1. The number of hydrogen-bond acceptors (Lipinski definition) is 2. The van der Waals surface area contributed by atoms with Crippen molar-refractivity contribution in [2.75, 3.05) is 0 Å². The Morgan fingerprint density at radius 3 is 2.00 bits per heavy atom. The van der Waals surface area contributed by atoms with Crippen LogP contribution in [0.25, 0.3) is 0 Å². The average Bonchev–Trinajstić information content (AvgIpc) is 2.20. The maximum atomic E-state index is 10.7. The van der Waals surface area contributed by atoms with Crippen molar-refractivity contribution < 1.29 is 9.08 Å². The van der Waals surface area contributed by atoms with Crippen LogP contribution in [0.5, 0.6) is 0 Å². The molecule has 0 bridgehead atoms. The molecule has 16 heavy (non-hydrogen) atoms. The second-order valence-electron chi connectivity index (χ2n) is 5.63. The summed E-state index contributed by atoms with van der Waals surface area (Å²) in [4.78, 5) is 10.7. The van der Waals surface area contributed by atoms with E-state index in [2.05, 4.69) is 25.1 Å². The molecule has 0 aliphatic heterocycles. The lowest BCUT2D eigenvalue weighted by Gasteiger charge is -2.17. The maximum absolute atomic E-state index is 10.7. The molecule has 0 aromatic rings. The monoisotopic (exact) mass is 248 g/mol. The van der Waals surface area contributed by atoms with Crippen LogP contribution in [0.1, 0.15) is 72.1 Å². The van der Waals surface area contributed by atoms with Gasteiger partial charge in [-0.1, -0.05) is 52.9 Å². The topological polar surface area (TPSA) is 26.3 Å². The van der Waals surface area contributed by atoms with Gasteiger partial charge in [0.25, 0.3) is 0 Å². The predicted octanol–water partition coefficient (Wildman–Crippen LogP) is 4.85. The quantitative estimate of drug-likeness (QED) is 0.574. The van der Waals surface area contributed by atoms with Crippen LogP contribution in [0.3, 0.4) is 0 Å². The van der Waals surface area contributed by atoms with E-state index in [1.807, 2.05) is 0 Å². The first-order chi connectivity index (χ1) is 7.45. The van der Waals surface area contributed by atoms with Crippen molar-refractivity contribution in [3.8, 4) is 0 Å². The standard InChI is InChI=1S/C13H25ClO2/c1-13(2,3)11-9-7-5-4-6-8-10-12(15)16-14/h4-11H2,1-3H3. The number of carbonyl (C=O) groups excluding carboxylic acids is 1. The minimum Gasteiger partial charge on any atom is -0.348 e. The highest BCUT2D eigenvalue weighted by molar-refractivity contribution is 6.13. The van der Waals surface area contributed by atoms with Gasteiger partial charge in [0.1, 0.15) is 11.9 Å². The Balaban J connectivity index is 3.13. The van der Waals surface area contributed by atoms with Crippen LogP contribution in [0.15, 0.2) is 0 Å². The van der Waals surface area contributed by atoms with E-state index in [9.17, 15) is 4.79 Å². The first-order valence-electron chi connectivity index (χ1n) is 6.27. The fourth-order valence-corrected chi connectivity index (χ4v) is 1.75. The summed E-state index contributed by atoms with van der Waals surface area (Å²) < 4.78 is 4.07. The van der Waals surface area contributed by atoms with Crippen LogP contribution in [-0.2, 0) is 9.08 Å². The molecule has 3 heteroatoms. The zero-order chi connectivity index (χ0) is 12.4. The van der Waals surface area contributed by atoms with Crippen molar-refractivity contribution >= 4 is 17.8 Å². The molecule has 0 aromatic carbocycles. The van der Waals surface area contributed by atoms with E-state index in [0.29, 0.717) is 11.8 Å². The van der Waals surface area contributed by atoms with Crippen LogP contribution in [0.2, 0.25) is 0 Å². The van der Waals surface area contributed by atoms with Crippen molar-refractivity contribution in [1.29, 1.82) is 0 Å². The summed E-state index contributed by atoms with van der Waals surface area (Å²) in [5.41, 5.74) is 0.462. The molecule has 0 rings (SSSR count). The number of unbranched alkanes of at least 4 members (excludes halogenated alkanes) is 5. The maximum Gasteiger partial charge on any atom is 0.324 e. The number of rotatable bonds is 8. The van der Waals surface area contributed by atoms with Crippen LogP contribution >= 0.6 is 11.9 Å².